The van der Waals surface area contributed by atoms with Crippen molar-refractivity contribution < 1.29 is 24.0 Å². The monoisotopic (exact) mass is 622 g/mol. The van der Waals surface area contributed by atoms with Crippen LogP contribution in [-0.4, -0.2) is 89.1 Å². The Kier molecular flexibility index (Phi) is 10.1. The van der Waals surface area contributed by atoms with Gasteiger partial charge < -0.3 is 30.7 Å². The molecule has 46 heavy (non-hydrogen) atoms. The fourth-order valence-electron chi connectivity index (χ4n) is 5.55. The summed E-state index contributed by atoms with van der Waals surface area (Å²) in [5.41, 5.74) is 2.92. The lowest BCUT2D eigenvalue weighted by atomic mass is 10.0. The number of carbonyl (C=O) groups excluding carboxylic acids is 5. The summed E-state index contributed by atoms with van der Waals surface area (Å²) in [6.45, 7) is 1.30. The number of nitrogens with one attached hydrogen (secondary N) is 4. The molecule has 4 N–H and O–H groups in total. The second-order valence-electron chi connectivity index (χ2n) is 11.4. The molecule has 5 rings (SSSR count). The van der Waals surface area contributed by atoms with E-state index in [1.165, 1.54) is 16.8 Å². The number of aromatic nitrogens is 1. The third-order valence-corrected chi connectivity index (χ3v) is 8.28. The van der Waals surface area contributed by atoms with E-state index < -0.39 is 47.7 Å². The average molecular weight is 623 g/mol. The predicted octanol–water partition coefficient (Wildman–Crippen LogP) is 2.04. The standard InChI is InChI=1S/C35H38N6O5/c1-23-32(43)39-29(19-24-11-5-3-6-12-24)33(44)36-17-18-41(34(45)25-13-7-4-8-14-25)22-31(42)38-30(35(46)40(23)2)20-26-21-37-28-16-10-9-15-27(26)28/h3-16,21,23,29-30,37H,17-20,22H2,1-2H3,(H,36,44)(H,38,42)(H,39,43)/t23-,29-,30-/m0/s1. The molecule has 3 aromatic carbocycles. The molecule has 3 atom stereocenters. The van der Waals surface area contributed by atoms with Gasteiger partial charge in [-0.05, 0) is 36.2 Å². The quantitative estimate of drug-likeness (QED) is 0.270. The zero-order chi connectivity index (χ0) is 32.6. The summed E-state index contributed by atoms with van der Waals surface area (Å²) in [5.74, 6) is -2.38. The number of fused-ring (bicyclic) bond motifs is 1. The van der Waals surface area contributed by atoms with E-state index >= 15 is 0 Å². The average Bonchev–Trinajstić information content (AvgIpc) is 3.48. The van der Waals surface area contributed by atoms with Crippen LogP contribution in [0.25, 0.3) is 10.9 Å². The van der Waals surface area contributed by atoms with Gasteiger partial charge in [0.1, 0.15) is 18.1 Å². The zero-order valence-electron chi connectivity index (χ0n) is 25.9. The smallest absolute Gasteiger partial charge is 0.254 e. The highest BCUT2D eigenvalue weighted by Gasteiger charge is 2.33. The maximum Gasteiger partial charge on any atom is 0.254 e. The lowest BCUT2D eigenvalue weighted by Gasteiger charge is -2.30. The van der Waals surface area contributed by atoms with Crippen LogP contribution in [0.1, 0.15) is 28.4 Å². The van der Waals surface area contributed by atoms with E-state index in [4.69, 9.17) is 0 Å². The Labute approximate surface area is 267 Å². The summed E-state index contributed by atoms with van der Waals surface area (Å²) in [6, 6.07) is 22.5. The number of amides is 5. The van der Waals surface area contributed by atoms with Gasteiger partial charge in [0.05, 0.1) is 6.54 Å². The van der Waals surface area contributed by atoms with Crippen molar-refractivity contribution in [2.24, 2.45) is 0 Å². The minimum Gasteiger partial charge on any atom is -0.361 e. The molecule has 1 saturated heterocycles. The van der Waals surface area contributed by atoms with E-state index in [1.54, 1.807) is 43.5 Å². The number of likely N-dealkylation sites (N-methyl/N-ethyl adjacent to an activating group) is 1. The molecule has 0 aliphatic carbocycles. The Balaban J connectivity index is 1.47. The number of para-hydroxylation sites is 1. The van der Waals surface area contributed by atoms with E-state index in [0.29, 0.717) is 5.56 Å². The topological polar surface area (TPSA) is 144 Å². The van der Waals surface area contributed by atoms with E-state index in [9.17, 15) is 24.0 Å². The molecule has 0 radical (unpaired) electrons. The first-order valence-electron chi connectivity index (χ1n) is 15.3. The molecule has 11 nitrogen and oxygen atoms in total. The van der Waals surface area contributed by atoms with Crippen LogP contribution in [-0.2, 0) is 32.0 Å². The van der Waals surface area contributed by atoms with Gasteiger partial charge in [-0.2, -0.15) is 0 Å². The first-order valence-corrected chi connectivity index (χ1v) is 15.3. The number of hydrogen-bond acceptors (Lipinski definition) is 5. The van der Waals surface area contributed by atoms with Crippen LogP contribution < -0.4 is 16.0 Å². The molecule has 0 spiro atoms. The number of rotatable bonds is 5. The number of benzene rings is 3. The number of hydrogen-bond donors (Lipinski definition) is 4. The maximum atomic E-state index is 14.0. The van der Waals surface area contributed by atoms with Crippen LogP contribution in [0, 0.1) is 0 Å². The molecule has 1 fully saturated rings. The molecule has 1 aliphatic rings. The summed E-state index contributed by atoms with van der Waals surface area (Å²) in [4.78, 5) is 73.7. The van der Waals surface area contributed by atoms with E-state index in [-0.39, 0.29) is 32.5 Å². The van der Waals surface area contributed by atoms with Gasteiger partial charge in [0, 0.05) is 55.6 Å². The predicted molar refractivity (Wildman–Crippen MR) is 174 cm³/mol. The third kappa shape index (κ3) is 7.60. The highest BCUT2D eigenvalue weighted by atomic mass is 16.2. The summed E-state index contributed by atoms with van der Waals surface area (Å²) in [7, 11) is 1.50. The Bertz CT molecular complexity index is 1710. The molecule has 0 unspecified atom stereocenters. The minimum atomic E-state index is -1.04. The molecule has 1 aromatic heterocycles. The number of H-pyrrole nitrogens is 1. The second-order valence-corrected chi connectivity index (χ2v) is 11.4. The van der Waals surface area contributed by atoms with Crippen molar-refractivity contribution in [3.8, 4) is 0 Å². The molecule has 0 bridgehead atoms. The summed E-state index contributed by atoms with van der Waals surface area (Å²) in [5, 5.41) is 9.38. The van der Waals surface area contributed by atoms with Crippen LogP contribution in [0.3, 0.4) is 0 Å². The third-order valence-electron chi connectivity index (χ3n) is 8.28. The highest BCUT2D eigenvalue weighted by molar-refractivity contribution is 5.98. The molecule has 0 saturated carbocycles. The lowest BCUT2D eigenvalue weighted by molar-refractivity contribution is -0.142. The number of carbonyl (C=O) groups is 5. The zero-order valence-corrected chi connectivity index (χ0v) is 25.9. The maximum absolute atomic E-state index is 14.0. The first kappa shape index (κ1) is 32.0. The van der Waals surface area contributed by atoms with Crippen LogP contribution >= 0.6 is 0 Å². The fourth-order valence-corrected chi connectivity index (χ4v) is 5.55. The molecule has 1 aliphatic heterocycles. The second kappa shape index (κ2) is 14.6. The molecule has 5 amide bonds. The highest BCUT2D eigenvalue weighted by Crippen LogP contribution is 2.20. The molecule has 238 valence electrons. The van der Waals surface area contributed by atoms with Crippen LogP contribution in [0.4, 0.5) is 0 Å². The van der Waals surface area contributed by atoms with E-state index in [2.05, 4.69) is 20.9 Å². The summed E-state index contributed by atoms with van der Waals surface area (Å²) >= 11 is 0. The Morgan fingerprint density at radius 1 is 0.804 bits per heavy atom. The van der Waals surface area contributed by atoms with Crippen molar-refractivity contribution in [1.82, 2.24) is 30.7 Å². The SMILES string of the molecule is C[C@H]1C(=O)N[C@@H](Cc2ccccc2)C(=O)NCCN(C(=O)c2ccccc2)CC(=O)N[C@@H](Cc2c[nH]c3ccccc23)C(=O)N1C. The van der Waals surface area contributed by atoms with Gasteiger partial charge in [-0.25, -0.2) is 0 Å². The largest absolute Gasteiger partial charge is 0.361 e. The van der Waals surface area contributed by atoms with Gasteiger partial charge in [-0.1, -0.05) is 66.7 Å². The molecular formula is C35H38N6O5. The van der Waals surface area contributed by atoms with Gasteiger partial charge in [-0.15, -0.1) is 0 Å². The number of aromatic amines is 1. The van der Waals surface area contributed by atoms with E-state index in [1.807, 2.05) is 54.6 Å². The van der Waals surface area contributed by atoms with Crippen molar-refractivity contribution in [2.75, 3.05) is 26.7 Å². The fraction of sp³-hybridized carbons (Fsp3) is 0.286. The van der Waals surface area contributed by atoms with Crippen LogP contribution in [0.15, 0.2) is 91.1 Å². The molecule has 11 heteroatoms. The van der Waals surface area contributed by atoms with Gasteiger partial charge >= 0.3 is 0 Å². The van der Waals surface area contributed by atoms with Crippen molar-refractivity contribution in [2.45, 2.75) is 37.9 Å². The van der Waals surface area contributed by atoms with Gasteiger partial charge in [0.15, 0.2) is 0 Å². The van der Waals surface area contributed by atoms with Crippen molar-refractivity contribution >= 4 is 40.4 Å². The lowest BCUT2D eigenvalue weighted by Crippen LogP contribution is -2.57. The normalized spacial score (nSPS) is 20.3. The molecular weight excluding hydrogens is 584 g/mol. The Morgan fingerprint density at radius 3 is 2.22 bits per heavy atom. The van der Waals surface area contributed by atoms with Crippen LogP contribution in [0.5, 0.6) is 0 Å². The van der Waals surface area contributed by atoms with Crippen molar-refractivity contribution in [3.05, 3.63) is 108 Å². The van der Waals surface area contributed by atoms with Gasteiger partial charge in [0.25, 0.3) is 5.91 Å². The number of nitrogens with zero attached hydrogens (tertiary/aromatic N) is 2. The van der Waals surface area contributed by atoms with Gasteiger partial charge in [-0.3, -0.25) is 24.0 Å². The van der Waals surface area contributed by atoms with Crippen molar-refractivity contribution in [3.63, 3.8) is 0 Å². The molecule has 4 aromatic rings. The summed E-state index contributed by atoms with van der Waals surface area (Å²) in [6.07, 6.45) is 2.17. The van der Waals surface area contributed by atoms with Crippen LogP contribution in [0.2, 0.25) is 0 Å². The minimum absolute atomic E-state index is 0.0241. The summed E-state index contributed by atoms with van der Waals surface area (Å²) < 4.78 is 0. The molecule has 2 heterocycles. The first-order chi connectivity index (χ1) is 22.2. The van der Waals surface area contributed by atoms with Crippen molar-refractivity contribution in [1.29, 1.82) is 0 Å². The Morgan fingerprint density at radius 2 is 1.48 bits per heavy atom. The van der Waals surface area contributed by atoms with Gasteiger partial charge in [0.2, 0.25) is 23.6 Å². The van der Waals surface area contributed by atoms with E-state index in [0.717, 1.165) is 22.0 Å². The Hall–Kier alpha value is -5.45.